The van der Waals surface area contributed by atoms with Gasteiger partial charge in [0.25, 0.3) is 0 Å². The van der Waals surface area contributed by atoms with E-state index in [1.807, 2.05) is 6.07 Å². The predicted molar refractivity (Wildman–Crippen MR) is 90.1 cm³/mol. The maximum absolute atomic E-state index is 5.21. The number of anilines is 1. The first-order valence-electron chi connectivity index (χ1n) is 8.62. The number of methoxy groups -OCH3 is 2. The van der Waals surface area contributed by atoms with Gasteiger partial charge in [-0.25, -0.2) is 9.97 Å². The van der Waals surface area contributed by atoms with Gasteiger partial charge in [0, 0.05) is 45.0 Å². The van der Waals surface area contributed by atoms with Gasteiger partial charge in [-0.2, -0.15) is 0 Å². The number of hydrogen-bond donors (Lipinski definition) is 0. The molecular weight excluding hydrogens is 292 g/mol. The molecule has 3 rings (SSSR count). The van der Waals surface area contributed by atoms with Gasteiger partial charge in [0.15, 0.2) is 0 Å². The average Bonchev–Trinajstić information content (AvgIpc) is 2.98. The van der Waals surface area contributed by atoms with Crippen LogP contribution >= 0.6 is 0 Å². The summed E-state index contributed by atoms with van der Waals surface area (Å²) in [6, 6.07) is 1.93. The molecule has 1 spiro atoms. The number of likely N-dealkylation sites (tertiary alicyclic amines) is 1. The minimum atomic E-state index is 0.404. The molecule has 0 atom stereocenters. The number of piperidine rings is 1. The van der Waals surface area contributed by atoms with E-state index < -0.39 is 0 Å². The molecule has 2 fully saturated rings. The molecule has 0 aromatic carbocycles. The minimum Gasteiger partial charge on any atom is -0.481 e. The summed E-state index contributed by atoms with van der Waals surface area (Å²) >= 11 is 0. The summed E-state index contributed by atoms with van der Waals surface area (Å²) in [4.78, 5) is 13.6. The van der Waals surface area contributed by atoms with E-state index in [4.69, 9.17) is 9.47 Å². The molecule has 2 aliphatic heterocycles. The maximum Gasteiger partial charge on any atom is 0.218 e. The largest absolute Gasteiger partial charge is 0.481 e. The van der Waals surface area contributed by atoms with Crippen molar-refractivity contribution in [1.82, 2.24) is 14.9 Å². The predicted octanol–water partition coefficient (Wildman–Crippen LogP) is 1.96. The standard InChI is InChI=1S/C17H28N4O2/c1-22-12-4-9-21-8-3-5-17(21)6-10-20(11-7-17)15-13-16(23-2)19-14-18-15/h13-14H,3-12H2,1-2H3. The molecular formula is C17H28N4O2. The Kier molecular flexibility index (Phi) is 5.33. The normalized spacial score (nSPS) is 21.0. The van der Waals surface area contributed by atoms with Crippen LogP contribution in [0.3, 0.4) is 0 Å². The summed E-state index contributed by atoms with van der Waals surface area (Å²) in [5, 5.41) is 0. The fourth-order valence-corrected chi connectivity index (χ4v) is 4.08. The first kappa shape index (κ1) is 16.5. The van der Waals surface area contributed by atoms with Crippen LogP contribution < -0.4 is 9.64 Å². The van der Waals surface area contributed by atoms with Crippen LogP contribution in [0.5, 0.6) is 5.88 Å². The number of hydrogen-bond acceptors (Lipinski definition) is 6. The van der Waals surface area contributed by atoms with Gasteiger partial charge in [-0.3, -0.25) is 4.90 Å². The van der Waals surface area contributed by atoms with Gasteiger partial charge in [0.1, 0.15) is 12.1 Å². The molecule has 1 aromatic heterocycles. The summed E-state index contributed by atoms with van der Waals surface area (Å²) in [6.45, 7) is 5.38. The third-order valence-corrected chi connectivity index (χ3v) is 5.37. The van der Waals surface area contributed by atoms with Crippen LogP contribution in [0.2, 0.25) is 0 Å². The minimum absolute atomic E-state index is 0.404. The summed E-state index contributed by atoms with van der Waals surface area (Å²) < 4.78 is 10.4. The average molecular weight is 320 g/mol. The van der Waals surface area contributed by atoms with Crippen LogP contribution in [0, 0.1) is 0 Å². The van der Waals surface area contributed by atoms with Gasteiger partial charge in [0.05, 0.1) is 7.11 Å². The van der Waals surface area contributed by atoms with Gasteiger partial charge in [-0.1, -0.05) is 0 Å². The Balaban J connectivity index is 1.60. The molecule has 0 unspecified atom stereocenters. The molecule has 23 heavy (non-hydrogen) atoms. The summed E-state index contributed by atoms with van der Waals surface area (Å²) in [6.07, 6.45) is 7.81. The van der Waals surface area contributed by atoms with Crippen molar-refractivity contribution in [1.29, 1.82) is 0 Å². The molecule has 6 heteroatoms. The zero-order valence-electron chi connectivity index (χ0n) is 14.3. The lowest BCUT2D eigenvalue weighted by Gasteiger charge is -2.45. The highest BCUT2D eigenvalue weighted by molar-refractivity contribution is 5.41. The number of rotatable bonds is 6. The number of aromatic nitrogens is 2. The van der Waals surface area contributed by atoms with E-state index in [2.05, 4.69) is 19.8 Å². The van der Waals surface area contributed by atoms with Crippen LogP contribution in [0.1, 0.15) is 32.1 Å². The smallest absolute Gasteiger partial charge is 0.218 e. The molecule has 2 saturated heterocycles. The fraction of sp³-hybridized carbons (Fsp3) is 0.765. The SMILES string of the molecule is COCCCN1CCCC12CCN(c1cc(OC)ncn1)CC2. The van der Waals surface area contributed by atoms with Crippen LogP contribution in [0.25, 0.3) is 0 Å². The Morgan fingerprint density at radius 2 is 1.96 bits per heavy atom. The molecule has 6 nitrogen and oxygen atoms in total. The molecule has 1 aromatic rings. The topological polar surface area (TPSA) is 50.7 Å². The van der Waals surface area contributed by atoms with Gasteiger partial charge in [0.2, 0.25) is 5.88 Å². The molecule has 0 saturated carbocycles. The van der Waals surface area contributed by atoms with Gasteiger partial charge in [-0.15, -0.1) is 0 Å². The van der Waals surface area contributed by atoms with E-state index in [9.17, 15) is 0 Å². The second-order valence-electron chi connectivity index (χ2n) is 6.57. The molecule has 128 valence electrons. The Morgan fingerprint density at radius 3 is 2.70 bits per heavy atom. The van der Waals surface area contributed by atoms with E-state index in [1.165, 1.54) is 32.2 Å². The third-order valence-electron chi connectivity index (χ3n) is 5.37. The zero-order valence-corrected chi connectivity index (χ0v) is 14.3. The first-order chi connectivity index (χ1) is 11.3. The molecule has 3 heterocycles. The van der Waals surface area contributed by atoms with Crippen molar-refractivity contribution in [2.24, 2.45) is 0 Å². The highest BCUT2D eigenvalue weighted by Gasteiger charge is 2.42. The van der Waals surface area contributed by atoms with Crippen molar-refractivity contribution in [3.63, 3.8) is 0 Å². The van der Waals surface area contributed by atoms with Crippen LogP contribution in [-0.4, -0.2) is 67.4 Å². The van der Waals surface area contributed by atoms with Crippen LogP contribution in [0.15, 0.2) is 12.4 Å². The second kappa shape index (κ2) is 7.45. The molecule has 0 bridgehead atoms. The van der Waals surface area contributed by atoms with E-state index in [-0.39, 0.29) is 0 Å². The van der Waals surface area contributed by atoms with E-state index >= 15 is 0 Å². The Labute approximate surface area is 138 Å². The molecule has 0 radical (unpaired) electrons. The lowest BCUT2D eigenvalue weighted by molar-refractivity contribution is 0.0923. The Bertz CT molecular complexity index is 503. The quantitative estimate of drug-likeness (QED) is 0.747. The Morgan fingerprint density at radius 1 is 1.13 bits per heavy atom. The molecule has 0 amide bonds. The van der Waals surface area contributed by atoms with Crippen molar-refractivity contribution in [2.45, 2.75) is 37.6 Å². The zero-order chi connectivity index (χ0) is 16.1. The lowest BCUT2D eigenvalue weighted by Crippen LogP contribution is -2.52. The van der Waals surface area contributed by atoms with Crippen molar-refractivity contribution in [3.05, 3.63) is 12.4 Å². The lowest BCUT2D eigenvalue weighted by atomic mass is 9.85. The van der Waals surface area contributed by atoms with Gasteiger partial charge < -0.3 is 14.4 Å². The monoisotopic (exact) mass is 320 g/mol. The van der Waals surface area contributed by atoms with Crippen LogP contribution in [-0.2, 0) is 4.74 Å². The highest BCUT2D eigenvalue weighted by atomic mass is 16.5. The van der Waals surface area contributed by atoms with E-state index in [0.29, 0.717) is 11.4 Å². The van der Waals surface area contributed by atoms with Crippen molar-refractivity contribution < 1.29 is 9.47 Å². The van der Waals surface area contributed by atoms with Crippen molar-refractivity contribution in [2.75, 3.05) is 51.9 Å². The first-order valence-corrected chi connectivity index (χ1v) is 8.62. The third kappa shape index (κ3) is 3.58. The van der Waals surface area contributed by atoms with E-state index in [0.717, 1.165) is 38.5 Å². The second-order valence-corrected chi connectivity index (χ2v) is 6.57. The molecule has 0 N–H and O–H groups in total. The summed E-state index contributed by atoms with van der Waals surface area (Å²) in [7, 11) is 3.43. The number of nitrogens with zero attached hydrogens (tertiary/aromatic N) is 4. The molecule has 0 aliphatic carbocycles. The highest BCUT2D eigenvalue weighted by Crippen LogP contribution is 2.39. The van der Waals surface area contributed by atoms with E-state index in [1.54, 1.807) is 20.5 Å². The molecule has 2 aliphatic rings. The maximum atomic E-state index is 5.21. The number of ether oxygens (including phenoxy) is 2. The van der Waals surface area contributed by atoms with Crippen LogP contribution in [0.4, 0.5) is 5.82 Å². The van der Waals surface area contributed by atoms with Gasteiger partial charge in [-0.05, 0) is 38.6 Å². The van der Waals surface area contributed by atoms with Crippen molar-refractivity contribution in [3.8, 4) is 5.88 Å². The fourth-order valence-electron chi connectivity index (χ4n) is 4.08. The van der Waals surface area contributed by atoms with Crippen molar-refractivity contribution >= 4 is 5.82 Å². The Hall–Kier alpha value is -1.40. The summed E-state index contributed by atoms with van der Waals surface area (Å²) in [5.74, 6) is 1.62. The summed E-state index contributed by atoms with van der Waals surface area (Å²) in [5.41, 5.74) is 0.404. The van der Waals surface area contributed by atoms with Gasteiger partial charge >= 0.3 is 0 Å².